The van der Waals surface area contributed by atoms with Crippen LogP contribution in [0, 0.1) is 0 Å². The summed E-state index contributed by atoms with van der Waals surface area (Å²) in [6, 6.07) is 6.75. The maximum atomic E-state index is 14.4. The molecule has 0 saturated carbocycles. The Hall–Kier alpha value is -3.60. The van der Waals surface area contributed by atoms with E-state index in [1.165, 1.54) is 13.4 Å². The van der Waals surface area contributed by atoms with Crippen LogP contribution < -0.4 is 26.4 Å². The van der Waals surface area contributed by atoms with E-state index in [1.807, 2.05) is 17.0 Å². The number of halogens is 1. The zero-order valence-corrected chi connectivity index (χ0v) is 19.7. The van der Waals surface area contributed by atoms with Crippen LogP contribution in [-0.2, 0) is 4.74 Å². The van der Waals surface area contributed by atoms with Gasteiger partial charge in [0.05, 0.1) is 19.3 Å². The molecule has 2 atom stereocenters. The number of nitrogen functional groups attached to an aromatic ring is 1. The van der Waals surface area contributed by atoms with Crippen LogP contribution in [0.3, 0.4) is 0 Å². The number of benzene rings is 1. The number of hydrogen-bond acceptors (Lipinski definition) is 8. The molecule has 0 spiro atoms. The molecule has 0 bridgehead atoms. The molecule has 1 aliphatic heterocycles. The minimum absolute atomic E-state index is 0.165. The van der Waals surface area contributed by atoms with Crippen molar-refractivity contribution in [1.82, 2.24) is 14.6 Å². The number of hydrogen-bond donors (Lipinski definition) is 3. The zero-order valence-electron chi connectivity index (χ0n) is 19.7. The van der Waals surface area contributed by atoms with Gasteiger partial charge in [0.15, 0.2) is 5.82 Å². The van der Waals surface area contributed by atoms with E-state index >= 15 is 0 Å². The molecule has 10 nitrogen and oxygen atoms in total. The lowest BCUT2D eigenvalue weighted by Gasteiger charge is -2.33. The normalized spacial score (nSPS) is 18.7. The summed E-state index contributed by atoms with van der Waals surface area (Å²) in [7, 11) is 1.51. The number of anilines is 3. The summed E-state index contributed by atoms with van der Waals surface area (Å²) in [6.45, 7) is 6.13. The number of rotatable bonds is 4. The van der Waals surface area contributed by atoms with E-state index in [9.17, 15) is 9.18 Å². The lowest BCUT2D eigenvalue weighted by atomic mass is 10.0. The number of aromatic nitrogens is 3. The topological polar surface area (TPSA) is 133 Å². The van der Waals surface area contributed by atoms with Crippen molar-refractivity contribution in [1.29, 1.82) is 0 Å². The molecule has 182 valence electrons. The third-order valence-electron chi connectivity index (χ3n) is 5.63. The van der Waals surface area contributed by atoms with Crippen molar-refractivity contribution < 1.29 is 18.7 Å². The maximum absolute atomic E-state index is 14.4. The Morgan fingerprint density at radius 2 is 2.06 bits per heavy atom. The molecule has 0 aliphatic carbocycles. The van der Waals surface area contributed by atoms with Crippen molar-refractivity contribution >= 4 is 28.9 Å². The van der Waals surface area contributed by atoms with Crippen molar-refractivity contribution in [3.8, 4) is 16.9 Å². The summed E-state index contributed by atoms with van der Waals surface area (Å²) in [5.74, 6) is 1.42. The van der Waals surface area contributed by atoms with Crippen LogP contribution in [0.15, 0.2) is 30.6 Å². The number of alkyl halides is 1. The van der Waals surface area contributed by atoms with E-state index in [2.05, 4.69) is 15.4 Å². The summed E-state index contributed by atoms with van der Waals surface area (Å²) in [5.41, 5.74) is 14.0. The molecule has 34 heavy (non-hydrogen) atoms. The number of methoxy groups -OCH3 is 1. The second kappa shape index (κ2) is 8.98. The number of carbonyl (C=O) groups excluding carboxylic acids is 1. The largest absolute Gasteiger partial charge is 0.495 e. The van der Waals surface area contributed by atoms with Gasteiger partial charge in [0, 0.05) is 18.2 Å². The average Bonchev–Trinajstić information content (AvgIpc) is 3.15. The summed E-state index contributed by atoms with van der Waals surface area (Å²) < 4.78 is 26.9. The summed E-state index contributed by atoms with van der Waals surface area (Å²) in [5, 5.41) is 7.07. The highest BCUT2D eigenvalue weighted by Gasteiger charge is 2.29. The minimum atomic E-state index is -1.14. The lowest BCUT2D eigenvalue weighted by Crippen LogP contribution is -2.49. The van der Waals surface area contributed by atoms with E-state index in [1.54, 1.807) is 37.4 Å². The molecule has 1 saturated heterocycles. The van der Waals surface area contributed by atoms with E-state index in [0.717, 1.165) is 11.1 Å². The molecule has 1 amide bonds. The van der Waals surface area contributed by atoms with Gasteiger partial charge >= 0.3 is 6.09 Å². The molecule has 0 unspecified atom stereocenters. The minimum Gasteiger partial charge on any atom is -0.495 e. The molecule has 11 heteroatoms. The smallest absolute Gasteiger partial charge is 0.412 e. The number of nitrogens with one attached hydrogen (secondary N) is 1. The summed E-state index contributed by atoms with van der Waals surface area (Å²) >= 11 is 0. The van der Waals surface area contributed by atoms with Crippen molar-refractivity contribution in [2.75, 3.05) is 36.1 Å². The van der Waals surface area contributed by atoms with Crippen molar-refractivity contribution in [2.24, 2.45) is 5.73 Å². The Labute approximate surface area is 197 Å². The van der Waals surface area contributed by atoms with Gasteiger partial charge < -0.3 is 25.8 Å². The first-order chi connectivity index (χ1) is 16.1. The van der Waals surface area contributed by atoms with Gasteiger partial charge in [-0.3, -0.25) is 5.32 Å². The molecule has 1 fully saturated rings. The number of ether oxygens (including phenoxy) is 2. The Balaban J connectivity index is 1.73. The number of piperidine rings is 1. The predicted octanol–water partition coefficient (Wildman–Crippen LogP) is 3.21. The van der Waals surface area contributed by atoms with Gasteiger partial charge in [-0.05, 0) is 51.0 Å². The first-order valence-electron chi connectivity index (χ1n) is 11.0. The monoisotopic (exact) mass is 471 g/mol. The van der Waals surface area contributed by atoms with Crippen LogP contribution in [0.5, 0.6) is 5.75 Å². The van der Waals surface area contributed by atoms with Crippen LogP contribution in [0.4, 0.5) is 26.5 Å². The summed E-state index contributed by atoms with van der Waals surface area (Å²) in [6.07, 6.45) is 0.174. The average molecular weight is 472 g/mol. The number of fused-ring (bicyclic) bond motifs is 1. The number of amides is 1. The molecule has 5 N–H and O–H groups in total. The molecule has 2 aromatic heterocycles. The number of carbonyl (C=O) groups is 1. The fourth-order valence-electron chi connectivity index (χ4n) is 4.00. The van der Waals surface area contributed by atoms with Crippen molar-refractivity contribution in [3.05, 3.63) is 30.6 Å². The van der Waals surface area contributed by atoms with E-state index in [0.29, 0.717) is 35.7 Å². The van der Waals surface area contributed by atoms with Gasteiger partial charge in [-0.2, -0.15) is 5.10 Å². The molecule has 3 aromatic rings. The van der Waals surface area contributed by atoms with Gasteiger partial charge in [-0.15, -0.1) is 0 Å². The molecule has 0 radical (unpaired) electrons. The molecule has 3 heterocycles. The number of nitrogens with zero attached hydrogens (tertiary/aromatic N) is 4. The van der Waals surface area contributed by atoms with Crippen LogP contribution in [0.2, 0.25) is 0 Å². The third-order valence-corrected chi connectivity index (χ3v) is 5.63. The van der Waals surface area contributed by atoms with Crippen LogP contribution in [-0.4, -0.2) is 58.7 Å². The Kier molecular flexibility index (Phi) is 6.22. The van der Waals surface area contributed by atoms with Crippen LogP contribution in [0.25, 0.3) is 16.6 Å². The standard InChI is InChI=1S/C23H30FN7O3/c1-23(2,3)34-22(32)29-17-6-5-13(9-18(17)33-4)14-10-19(30-8-7-16(25)15(24)11-30)31-20(14)21(26)27-12-28-31/h5-6,9-10,12,15-16H,7-8,11,25H2,1-4H3,(H,29,32)(H2,26,27,28)/t15-,16+/m0/s1. The predicted molar refractivity (Wildman–Crippen MR) is 129 cm³/mol. The number of nitrogens with two attached hydrogens (primary N) is 2. The maximum Gasteiger partial charge on any atom is 0.412 e. The van der Waals surface area contributed by atoms with Crippen LogP contribution in [0.1, 0.15) is 27.2 Å². The Morgan fingerprint density at radius 3 is 2.74 bits per heavy atom. The highest BCUT2D eigenvalue weighted by atomic mass is 19.1. The molecular formula is C23H30FN7O3. The highest BCUT2D eigenvalue weighted by Crippen LogP contribution is 2.38. The van der Waals surface area contributed by atoms with E-state index < -0.39 is 23.9 Å². The second-order valence-electron chi connectivity index (χ2n) is 9.28. The molecular weight excluding hydrogens is 441 g/mol. The van der Waals surface area contributed by atoms with E-state index in [-0.39, 0.29) is 12.4 Å². The first kappa shape index (κ1) is 23.6. The van der Waals surface area contributed by atoms with Gasteiger partial charge in [0.1, 0.15) is 35.2 Å². The fourth-order valence-corrected chi connectivity index (χ4v) is 4.00. The molecule has 1 aliphatic rings. The summed E-state index contributed by atoms with van der Waals surface area (Å²) in [4.78, 5) is 18.3. The van der Waals surface area contributed by atoms with E-state index in [4.69, 9.17) is 20.9 Å². The molecule has 1 aromatic carbocycles. The zero-order chi connectivity index (χ0) is 24.6. The Morgan fingerprint density at radius 1 is 1.29 bits per heavy atom. The van der Waals surface area contributed by atoms with Gasteiger partial charge in [0.25, 0.3) is 0 Å². The highest BCUT2D eigenvalue weighted by molar-refractivity contribution is 5.93. The third kappa shape index (κ3) is 4.69. The van der Waals surface area contributed by atoms with Gasteiger partial charge in [-0.25, -0.2) is 18.7 Å². The molecule has 4 rings (SSSR count). The quantitative estimate of drug-likeness (QED) is 0.528. The van der Waals surface area contributed by atoms with Crippen molar-refractivity contribution in [3.63, 3.8) is 0 Å². The lowest BCUT2D eigenvalue weighted by molar-refractivity contribution is 0.0635. The van der Waals surface area contributed by atoms with Crippen molar-refractivity contribution in [2.45, 2.75) is 45.0 Å². The fraction of sp³-hybridized carbons (Fsp3) is 0.435. The Bertz CT molecular complexity index is 1210. The van der Waals surface area contributed by atoms with Gasteiger partial charge in [0.2, 0.25) is 0 Å². The first-order valence-corrected chi connectivity index (χ1v) is 11.0. The SMILES string of the molecule is COc1cc(-c2cc(N3CC[C@@H](N)[C@@H](F)C3)n3ncnc(N)c23)ccc1NC(=O)OC(C)(C)C. The van der Waals surface area contributed by atoms with Crippen LogP contribution >= 0.6 is 0 Å². The van der Waals surface area contributed by atoms with Gasteiger partial charge in [-0.1, -0.05) is 6.07 Å². The second-order valence-corrected chi connectivity index (χ2v) is 9.28.